The van der Waals surface area contributed by atoms with E-state index in [-0.39, 0.29) is 5.92 Å². The Labute approximate surface area is 133 Å². The molecule has 22 heavy (non-hydrogen) atoms. The van der Waals surface area contributed by atoms with Crippen molar-refractivity contribution in [2.75, 3.05) is 0 Å². The summed E-state index contributed by atoms with van der Waals surface area (Å²) in [5, 5.41) is 19.5. The first-order chi connectivity index (χ1) is 10.7. The third-order valence-corrected chi connectivity index (χ3v) is 4.36. The minimum Gasteiger partial charge on any atom is -0.197 e. The maximum absolute atomic E-state index is 9.75. The topological polar surface area (TPSA) is 47.6 Å². The van der Waals surface area contributed by atoms with Crippen molar-refractivity contribution in [3.63, 3.8) is 0 Å². The van der Waals surface area contributed by atoms with Gasteiger partial charge in [-0.05, 0) is 44.6 Å². The lowest BCUT2D eigenvalue weighted by Crippen LogP contribution is -2.25. The number of rotatable bonds is 1. The van der Waals surface area contributed by atoms with Crippen LogP contribution in [0.2, 0.25) is 0 Å². The Hall–Kier alpha value is -2.32. The smallest absolute Gasteiger partial charge is 0.154 e. The van der Waals surface area contributed by atoms with Gasteiger partial charge in [0.15, 0.2) is 5.41 Å². The standard InChI is InChI=1S/C20H22N2/c1-17-10-12-18(13-11-17)19-9-7-5-3-2-4-6-8-14-20(19,15-21)16-22/h5-8,10-13,19H,2-4,9,14H2,1H3/b7-5-,8-6+. The van der Waals surface area contributed by atoms with E-state index >= 15 is 0 Å². The molecule has 1 aromatic rings. The lowest BCUT2D eigenvalue weighted by atomic mass is 9.70. The van der Waals surface area contributed by atoms with Crippen molar-refractivity contribution in [2.45, 2.75) is 44.9 Å². The fourth-order valence-electron chi connectivity index (χ4n) is 2.93. The third kappa shape index (κ3) is 3.66. The van der Waals surface area contributed by atoms with Crippen LogP contribution in [0.5, 0.6) is 0 Å². The first-order valence-corrected chi connectivity index (χ1v) is 7.91. The second-order valence-electron chi connectivity index (χ2n) is 5.97. The van der Waals surface area contributed by atoms with Crippen LogP contribution in [0.25, 0.3) is 0 Å². The fourth-order valence-corrected chi connectivity index (χ4v) is 2.93. The summed E-state index contributed by atoms with van der Waals surface area (Å²) in [6.07, 6.45) is 12.8. The minimum atomic E-state index is -1.000. The molecule has 1 unspecified atom stereocenters. The van der Waals surface area contributed by atoms with E-state index in [0.29, 0.717) is 6.42 Å². The Kier molecular flexibility index (Phi) is 5.56. The zero-order valence-electron chi connectivity index (χ0n) is 13.1. The van der Waals surface area contributed by atoms with Crippen molar-refractivity contribution < 1.29 is 0 Å². The minimum absolute atomic E-state index is 0.0953. The van der Waals surface area contributed by atoms with Crippen molar-refractivity contribution in [1.29, 1.82) is 10.5 Å². The Balaban J connectivity index is 2.45. The van der Waals surface area contributed by atoms with Gasteiger partial charge >= 0.3 is 0 Å². The van der Waals surface area contributed by atoms with E-state index in [1.165, 1.54) is 5.56 Å². The predicted octanol–water partition coefficient (Wildman–Crippen LogP) is 5.19. The molecule has 0 fully saturated rings. The van der Waals surface area contributed by atoms with Gasteiger partial charge < -0.3 is 0 Å². The summed E-state index contributed by atoms with van der Waals surface area (Å²) < 4.78 is 0. The van der Waals surface area contributed by atoms with Crippen LogP contribution in [0.1, 0.15) is 49.1 Å². The summed E-state index contributed by atoms with van der Waals surface area (Å²) in [5.41, 5.74) is 1.27. The van der Waals surface area contributed by atoms with E-state index in [1.807, 2.05) is 13.0 Å². The van der Waals surface area contributed by atoms with E-state index in [0.717, 1.165) is 31.2 Å². The van der Waals surface area contributed by atoms with Crippen LogP contribution in [0, 0.1) is 35.0 Å². The van der Waals surface area contributed by atoms with Crippen LogP contribution < -0.4 is 0 Å². The van der Waals surface area contributed by atoms with E-state index in [1.54, 1.807) is 0 Å². The van der Waals surface area contributed by atoms with Gasteiger partial charge in [0.05, 0.1) is 12.1 Å². The normalized spacial score (nSPS) is 24.2. The van der Waals surface area contributed by atoms with Gasteiger partial charge in [-0.25, -0.2) is 0 Å². The summed E-state index contributed by atoms with van der Waals surface area (Å²) in [7, 11) is 0. The highest BCUT2D eigenvalue weighted by Gasteiger charge is 2.39. The maximum Gasteiger partial charge on any atom is 0.154 e. The number of nitriles is 2. The zero-order chi connectivity index (χ0) is 15.8. The molecule has 0 heterocycles. The van der Waals surface area contributed by atoms with E-state index in [9.17, 15) is 10.5 Å². The van der Waals surface area contributed by atoms with Crippen molar-refractivity contribution in [3.8, 4) is 12.1 Å². The Morgan fingerprint density at radius 2 is 1.59 bits per heavy atom. The molecule has 0 saturated heterocycles. The lowest BCUT2D eigenvalue weighted by Gasteiger charge is -2.28. The molecule has 0 amide bonds. The van der Waals surface area contributed by atoms with Crippen molar-refractivity contribution in [1.82, 2.24) is 0 Å². The van der Waals surface area contributed by atoms with E-state index in [4.69, 9.17) is 0 Å². The van der Waals surface area contributed by atoms with Crippen LogP contribution in [0.4, 0.5) is 0 Å². The number of hydrogen-bond acceptors (Lipinski definition) is 2. The molecule has 2 nitrogen and oxygen atoms in total. The van der Waals surface area contributed by atoms with Gasteiger partial charge in [-0.2, -0.15) is 10.5 Å². The van der Waals surface area contributed by atoms with Crippen molar-refractivity contribution in [3.05, 3.63) is 59.7 Å². The molecule has 1 aliphatic carbocycles. The first-order valence-electron chi connectivity index (χ1n) is 7.91. The number of aryl methyl sites for hydroxylation is 1. The molecule has 2 rings (SSSR count). The number of benzene rings is 1. The molecule has 0 aliphatic heterocycles. The Morgan fingerprint density at radius 1 is 0.955 bits per heavy atom. The SMILES string of the molecule is Cc1ccc(C2C/C=C\CCC/C=C/CC2(C#N)C#N)cc1. The number of hydrogen-bond donors (Lipinski definition) is 0. The van der Waals surface area contributed by atoms with Crippen molar-refractivity contribution in [2.24, 2.45) is 5.41 Å². The molecular formula is C20H22N2. The van der Waals surface area contributed by atoms with E-state index in [2.05, 4.69) is 54.6 Å². The summed E-state index contributed by atoms with van der Waals surface area (Å²) in [4.78, 5) is 0. The molecule has 1 atom stereocenters. The average Bonchev–Trinajstić information content (AvgIpc) is 2.59. The molecule has 0 spiro atoms. The van der Waals surface area contributed by atoms with Crippen LogP contribution in [0.3, 0.4) is 0 Å². The van der Waals surface area contributed by atoms with Crippen LogP contribution in [0.15, 0.2) is 48.6 Å². The predicted molar refractivity (Wildman–Crippen MR) is 88.9 cm³/mol. The molecule has 112 valence electrons. The monoisotopic (exact) mass is 290 g/mol. The van der Waals surface area contributed by atoms with Crippen LogP contribution in [-0.2, 0) is 0 Å². The van der Waals surface area contributed by atoms with Gasteiger partial charge in [-0.3, -0.25) is 0 Å². The highest BCUT2D eigenvalue weighted by atomic mass is 14.5. The van der Waals surface area contributed by atoms with Crippen LogP contribution >= 0.6 is 0 Å². The van der Waals surface area contributed by atoms with Crippen molar-refractivity contribution >= 4 is 0 Å². The van der Waals surface area contributed by atoms with E-state index < -0.39 is 5.41 Å². The average molecular weight is 290 g/mol. The largest absolute Gasteiger partial charge is 0.197 e. The molecule has 0 N–H and O–H groups in total. The molecule has 0 bridgehead atoms. The Bertz CT molecular complexity index is 609. The highest BCUT2D eigenvalue weighted by molar-refractivity contribution is 5.34. The summed E-state index contributed by atoms with van der Waals surface area (Å²) >= 11 is 0. The quantitative estimate of drug-likeness (QED) is 0.668. The first kappa shape index (κ1) is 16.1. The summed E-state index contributed by atoms with van der Waals surface area (Å²) in [6, 6.07) is 12.9. The molecule has 1 aromatic carbocycles. The molecule has 0 radical (unpaired) electrons. The van der Waals surface area contributed by atoms with Gasteiger partial charge in [0.1, 0.15) is 0 Å². The van der Waals surface area contributed by atoms with Gasteiger partial charge in [-0.15, -0.1) is 0 Å². The molecule has 0 saturated carbocycles. The van der Waals surface area contributed by atoms with Crippen LogP contribution in [-0.4, -0.2) is 0 Å². The van der Waals surface area contributed by atoms with Gasteiger partial charge in [0.2, 0.25) is 0 Å². The summed E-state index contributed by atoms with van der Waals surface area (Å²) in [5.74, 6) is -0.0953. The maximum atomic E-state index is 9.75. The number of nitrogens with zero attached hydrogens (tertiary/aromatic N) is 2. The summed E-state index contributed by atoms with van der Waals surface area (Å²) in [6.45, 7) is 2.05. The fraction of sp³-hybridized carbons (Fsp3) is 0.400. The second kappa shape index (κ2) is 7.62. The number of allylic oxidation sites excluding steroid dienone is 4. The molecule has 2 heteroatoms. The molecule has 1 aliphatic rings. The second-order valence-corrected chi connectivity index (χ2v) is 5.97. The van der Waals surface area contributed by atoms with Gasteiger partial charge in [0.25, 0.3) is 0 Å². The molecular weight excluding hydrogens is 268 g/mol. The van der Waals surface area contributed by atoms with Gasteiger partial charge in [0, 0.05) is 5.92 Å². The Morgan fingerprint density at radius 3 is 2.23 bits per heavy atom. The third-order valence-electron chi connectivity index (χ3n) is 4.36. The van der Waals surface area contributed by atoms with Gasteiger partial charge in [-0.1, -0.05) is 54.1 Å². The zero-order valence-corrected chi connectivity index (χ0v) is 13.1. The molecule has 0 aromatic heterocycles. The highest BCUT2D eigenvalue weighted by Crippen LogP contribution is 2.41. The lowest BCUT2D eigenvalue weighted by molar-refractivity contribution is 0.415.